The SMILES string of the molecule is Cc1ccc(C(=O)NCC(=O)N2CC[C@@H](O)C2)cc1. The van der Waals surface area contributed by atoms with Crippen molar-refractivity contribution in [2.75, 3.05) is 19.6 Å². The molecule has 1 heterocycles. The zero-order chi connectivity index (χ0) is 13.8. The molecule has 5 heteroatoms. The van der Waals surface area contributed by atoms with Gasteiger partial charge in [0.1, 0.15) is 0 Å². The molecule has 1 atom stereocenters. The highest BCUT2D eigenvalue weighted by Gasteiger charge is 2.24. The molecule has 0 radical (unpaired) electrons. The molecule has 1 aliphatic heterocycles. The number of β-amino-alcohol motifs (C(OH)–C–C–N with tert-alkyl or cyclic N) is 1. The number of aryl methyl sites for hydroxylation is 1. The Morgan fingerprint density at radius 3 is 2.63 bits per heavy atom. The lowest BCUT2D eigenvalue weighted by Gasteiger charge is -2.15. The third-order valence-corrected chi connectivity index (χ3v) is 3.23. The van der Waals surface area contributed by atoms with Crippen LogP contribution >= 0.6 is 0 Å². The maximum atomic E-state index is 11.8. The molecule has 2 amide bonds. The molecule has 0 bridgehead atoms. The number of hydrogen-bond acceptors (Lipinski definition) is 3. The lowest BCUT2D eigenvalue weighted by Crippen LogP contribution is -2.39. The monoisotopic (exact) mass is 262 g/mol. The van der Waals surface area contributed by atoms with Crippen LogP contribution < -0.4 is 5.32 Å². The molecule has 0 aromatic heterocycles. The highest BCUT2D eigenvalue weighted by Crippen LogP contribution is 2.08. The second kappa shape index (κ2) is 5.84. The molecule has 0 aliphatic carbocycles. The number of nitrogens with one attached hydrogen (secondary N) is 1. The molecule has 1 fully saturated rings. The number of aliphatic hydroxyl groups is 1. The third-order valence-electron chi connectivity index (χ3n) is 3.23. The summed E-state index contributed by atoms with van der Waals surface area (Å²) >= 11 is 0. The Labute approximate surface area is 112 Å². The smallest absolute Gasteiger partial charge is 0.251 e. The van der Waals surface area contributed by atoms with Gasteiger partial charge in [-0.3, -0.25) is 9.59 Å². The van der Waals surface area contributed by atoms with Crippen molar-refractivity contribution in [3.8, 4) is 0 Å². The van der Waals surface area contributed by atoms with Gasteiger partial charge in [0.05, 0.1) is 12.6 Å². The van der Waals surface area contributed by atoms with Crippen LogP contribution in [0.3, 0.4) is 0 Å². The first-order valence-electron chi connectivity index (χ1n) is 6.37. The van der Waals surface area contributed by atoms with Gasteiger partial charge in [0.25, 0.3) is 5.91 Å². The van der Waals surface area contributed by atoms with Gasteiger partial charge in [-0.1, -0.05) is 17.7 Å². The molecule has 5 nitrogen and oxygen atoms in total. The molecular weight excluding hydrogens is 244 g/mol. The number of likely N-dealkylation sites (tertiary alicyclic amines) is 1. The molecule has 0 unspecified atom stereocenters. The zero-order valence-corrected chi connectivity index (χ0v) is 10.9. The summed E-state index contributed by atoms with van der Waals surface area (Å²) in [6.45, 7) is 2.84. The minimum absolute atomic E-state index is 0.0283. The van der Waals surface area contributed by atoms with Crippen LogP contribution in [0.15, 0.2) is 24.3 Å². The van der Waals surface area contributed by atoms with E-state index in [9.17, 15) is 14.7 Å². The normalized spacial score (nSPS) is 18.4. The lowest BCUT2D eigenvalue weighted by atomic mass is 10.1. The zero-order valence-electron chi connectivity index (χ0n) is 10.9. The lowest BCUT2D eigenvalue weighted by molar-refractivity contribution is -0.129. The minimum atomic E-state index is -0.434. The van der Waals surface area contributed by atoms with E-state index >= 15 is 0 Å². The summed E-state index contributed by atoms with van der Waals surface area (Å²) in [6, 6.07) is 7.17. The Hall–Kier alpha value is -1.88. The summed E-state index contributed by atoms with van der Waals surface area (Å²) < 4.78 is 0. The first-order chi connectivity index (χ1) is 9.06. The maximum absolute atomic E-state index is 11.8. The molecule has 0 spiro atoms. The van der Waals surface area contributed by atoms with Crippen LogP contribution in [0.5, 0.6) is 0 Å². The summed E-state index contributed by atoms with van der Waals surface area (Å²) in [5.74, 6) is -0.412. The predicted octanol–water partition coefficient (Wildman–Crippen LogP) is 0.318. The molecule has 102 valence electrons. The number of nitrogens with zero attached hydrogens (tertiary/aromatic N) is 1. The second-order valence-electron chi connectivity index (χ2n) is 4.83. The molecule has 1 aromatic rings. The van der Waals surface area contributed by atoms with E-state index < -0.39 is 6.10 Å². The van der Waals surface area contributed by atoms with Gasteiger partial charge in [0, 0.05) is 18.7 Å². The van der Waals surface area contributed by atoms with E-state index in [1.54, 1.807) is 17.0 Å². The quantitative estimate of drug-likeness (QED) is 0.824. The average Bonchev–Trinajstić information content (AvgIpc) is 2.83. The highest BCUT2D eigenvalue weighted by molar-refractivity contribution is 5.96. The van der Waals surface area contributed by atoms with Crippen LogP contribution in [0.25, 0.3) is 0 Å². The maximum Gasteiger partial charge on any atom is 0.251 e. The molecule has 2 rings (SSSR count). The minimum Gasteiger partial charge on any atom is -0.391 e. The van der Waals surface area contributed by atoms with E-state index in [4.69, 9.17) is 0 Å². The van der Waals surface area contributed by atoms with Gasteiger partial charge in [-0.2, -0.15) is 0 Å². The average molecular weight is 262 g/mol. The summed E-state index contributed by atoms with van der Waals surface area (Å²) in [5.41, 5.74) is 1.62. The number of amides is 2. The number of carbonyl (C=O) groups excluding carboxylic acids is 2. The first kappa shape index (κ1) is 13.5. The van der Waals surface area contributed by atoms with Crippen LogP contribution in [0.4, 0.5) is 0 Å². The predicted molar refractivity (Wildman–Crippen MR) is 70.7 cm³/mol. The van der Waals surface area contributed by atoms with Crippen LogP contribution in [0.1, 0.15) is 22.3 Å². The van der Waals surface area contributed by atoms with Crippen LogP contribution in [-0.2, 0) is 4.79 Å². The van der Waals surface area contributed by atoms with Crippen LogP contribution in [0.2, 0.25) is 0 Å². The number of hydrogen-bond donors (Lipinski definition) is 2. The summed E-state index contributed by atoms with van der Waals surface area (Å²) in [5, 5.41) is 11.9. The topological polar surface area (TPSA) is 69.6 Å². The Morgan fingerprint density at radius 1 is 1.37 bits per heavy atom. The van der Waals surface area contributed by atoms with E-state index in [0.29, 0.717) is 25.1 Å². The van der Waals surface area contributed by atoms with Crippen molar-refractivity contribution in [1.29, 1.82) is 0 Å². The molecule has 1 saturated heterocycles. The van der Waals surface area contributed by atoms with Crippen molar-refractivity contribution in [2.45, 2.75) is 19.4 Å². The molecule has 0 saturated carbocycles. The van der Waals surface area contributed by atoms with Crippen molar-refractivity contribution >= 4 is 11.8 Å². The van der Waals surface area contributed by atoms with Gasteiger partial charge < -0.3 is 15.3 Å². The third kappa shape index (κ3) is 3.54. The largest absolute Gasteiger partial charge is 0.391 e. The van der Waals surface area contributed by atoms with Gasteiger partial charge in [0.2, 0.25) is 5.91 Å². The van der Waals surface area contributed by atoms with E-state index in [2.05, 4.69) is 5.32 Å². The number of rotatable bonds is 3. The van der Waals surface area contributed by atoms with Crippen molar-refractivity contribution in [1.82, 2.24) is 10.2 Å². The van der Waals surface area contributed by atoms with E-state index in [1.807, 2.05) is 19.1 Å². The van der Waals surface area contributed by atoms with E-state index in [0.717, 1.165) is 5.56 Å². The van der Waals surface area contributed by atoms with Crippen molar-refractivity contribution < 1.29 is 14.7 Å². The highest BCUT2D eigenvalue weighted by atomic mass is 16.3. The van der Waals surface area contributed by atoms with Gasteiger partial charge in [0.15, 0.2) is 0 Å². The molecule has 2 N–H and O–H groups in total. The molecule has 1 aromatic carbocycles. The summed E-state index contributed by atoms with van der Waals surface area (Å²) in [7, 11) is 0. The van der Waals surface area contributed by atoms with Gasteiger partial charge in [-0.15, -0.1) is 0 Å². The number of aliphatic hydroxyl groups excluding tert-OH is 1. The van der Waals surface area contributed by atoms with Crippen molar-refractivity contribution in [3.05, 3.63) is 35.4 Å². The second-order valence-corrected chi connectivity index (χ2v) is 4.83. The summed E-state index contributed by atoms with van der Waals surface area (Å²) in [4.78, 5) is 25.2. The molecular formula is C14H18N2O3. The Kier molecular flexibility index (Phi) is 4.16. The van der Waals surface area contributed by atoms with E-state index in [-0.39, 0.29) is 18.4 Å². The first-order valence-corrected chi connectivity index (χ1v) is 6.37. The fraction of sp³-hybridized carbons (Fsp3) is 0.429. The standard InChI is InChI=1S/C14H18N2O3/c1-10-2-4-11(5-3-10)14(19)15-8-13(18)16-7-6-12(17)9-16/h2-5,12,17H,6-9H2,1H3,(H,15,19)/t12-/m1/s1. The van der Waals surface area contributed by atoms with Gasteiger partial charge >= 0.3 is 0 Å². The van der Waals surface area contributed by atoms with Crippen molar-refractivity contribution in [2.24, 2.45) is 0 Å². The number of carbonyl (C=O) groups is 2. The summed E-state index contributed by atoms with van der Waals surface area (Å²) in [6.07, 6.45) is 0.175. The van der Waals surface area contributed by atoms with Crippen LogP contribution in [0, 0.1) is 6.92 Å². The van der Waals surface area contributed by atoms with E-state index in [1.165, 1.54) is 0 Å². The van der Waals surface area contributed by atoms with Crippen LogP contribution in [-0.4, -0.2) is 47.6 Å². The van der Waals surface area contributed by atoms with Gasteiger partial charge in [-0.05, 0) is 25.5 Å². The molecule has 1 aliphatic rings. The van der Waals surface area contributed by atoms with Crippen molar-refractivity contribution in [3.63, 3.8) is 0 Å². The fourth-order valence-corrected chi connectivity index (χ4v) is 2.04. The Bertz CT molecular complexity index is 470. The Balaban J connectivity index is 1.83. The fourth-order valence-electron chi connectivity index (χ4n) is 2.04. The molecule has 19 heavy (non-hydrogen) atoms. The number of benzene rings is 1. The van der Waals surface area contributed by atoms with Gasteiger partial charge in [-0.25, -0.2) is 0 Å². The Morgan fingerprint density at radius 2 is 2.05 bits per heavy atom.